The van der Waals surface area contributed by atoms with Crippen molar-refractivity contribution in [2.24, 2.45) is 0 Å². The van der Waals surface area contributed by atoms with Gasteiger partial charge in [0.25, 0.3) is 0 Å². The first-order valence-electron chi connectivity index (χ1n) is 6.03. The van der Waals surface area contributed by atoms with E-state index in [0.29, 0.717) is 13.3 Å². The van der Waals surface area contributed by atoms with Crippen LogP contribution in [0.4, 0.5) is 0 Å². The fraction of sp³-hybridized carbons (Fsp3) is 0.357. The van der Waals surface area contributed by atoms with Gasteiger partial charge in [-0.1, -0.05) is 47.5 Å². The average molecular weight is 293 g/mol. The molecule has 0 radical (unpaired) electrons. The maximum atomic E-state index is 5.44. The summed E-state index contributed by atoms with van der Waals surface area (Å²) >= 11 is 0. The van der Waals surface area contributed by atoms with Gasteiger partial charge in [-0.15, -0.1) is 6.20 Å². The Hall–Kier alpha value is -0.987. The Morgan fingerprint density at radius 3 is 3.00 bits per heavy atom. The van der Waals surface area contributed by atoms with Crippen molar-refractivity contribution in [2.45, 2.75) is 26.5 Å². The van der Waals surface area contributed by atoms with Crippen LogP contribution in [0.1, 0.15) is 18.1 Å². The van der Waals surface area contributed by atoms with Crippen molar-refractivity contribution in [3.63, 3.8) is 0 Å². The average Bonchev–Trinajstić information content (AvgIpc) is 2.80. The first-order valence-corrected chi connectivity index (χ1v) is 6.03. The Kier molecular flexibility index (Phi) is 4.31. The maximum Gasteiger partial charge on any atom is 0.121 e. The fourth-order valence-corrected chi connectivity index (χ4v) is 2.36. The topological polar surface area (TPSA) is 27.1 Å². The standard InChI is InChI=1S/C14H15N2O.Zn/c1-2-17-10-16-14-12(9-15-16)8-7-11-5-3-4-6-13(11)14;/h3-6H,2,7-8,10H2,1H3;/q-1;. The van der Waals surface area contributed by atoms with E-state index in [0.717, 1.165) is 12.8 Å². The van der Waals surface area contributed by atoms with Gasteiger partial charge >= 0.3 is 0 Å². The smallest absolute Gasteiger partial charge is 0.121 e. The van der Waals surface area contributed by atoms with E-state index in [-0.39, 0.29) is 19.5 Å². The number of benzene rings is 1. The zero-order chi connectivity index (χ0) is 11.7. The van der Waals surface area contributed by atoms with Crippen LogP contribution < -0.4 is 0 Å². The molecule has 1 aliphatic carbocycles. The molecule has 0 fully saturated rings. The summed E-state index contributed by atoms with van der Waals surface area (Å²) in [6.07, 6.45) is 5.22. The molecule has 1 aromatic heterocycles. The van der Waals surface area contributed by atoms with Crippen LogP contribution in [-0.2, 0) is 43.8 Å². The number of fused-ring (bicyclic) bond motifs is 3. The number of ether oxygens (including phenoxy) is 1. The number of rotatable bonds is 3. The molecule has 0 bridgehead atoms. The summed E-state index contributed by atoms with van der Waals surface area (Å²) in [6.45, 7) is 3.21. The van der Waals surface area contributed by atoms with Crippen LogP contribution in [0.2, 0.25) is 0 Å². The summed E-state index contributed by atoms with van der Waals surface area (Å²) in [5.41, 5.74) is 5.07. The number of nitrogens with zero attached hydrogens (tertiary/aromatic N) is 2. The molecule has 0 aliphatic heterocycles. The van der Waals surface area contributed by atoms with Crippen molar-refractivity contribution < 1.29 is 24.2 Å². The van der Waals surface area contributed by atoms with E-state index in [1.54, 1.807) is 0 Å². The van der Waals surface area contributed by atoms with Crippen LogP contribution in [0.5, 0.6) is 0 Å². The van der Waals surface area contributed by atoms with Gasteiger partial charge in [-0.25, -0.2) is 0 Å². The van der Waals surface area contributed by atoms with Crippen molar-refractivity contribution in [3.8, 4) is 11.3 Å². The van der Waals surface area contributed by atoms with E-state index < -0.39 is 0 Å². The molecule has 1 aliphatic rings. The number of hydrogen-bond acceptors (Lipinski definition) is 2. The van der Waals surface area contributed by atoms with Gasteiger partial charge in [-0.2, -0.15) is 5.56 Å². The minimum atomic E-state index is 0. The molecule has 0 spiro atoms. The van der Waals surface area contributed by atoms with E-state index in [4.69, 9.17) is 4.74 Å². The molecular weight excluding hydrogens is 278 g/mol. The van der Waals surface area contributed by atoms with Gasteiger partial charge in [0.05, 0.1) is 0 Å². The number of aromatic nitrogens is 2. The summed E-state index contributed by atoms with van der Waals surface area (Å²) in [5.74, 6) is 0. The van der Waals surface area contributed by atoms with Crippen molar-refractivity contribution in [1.82, 2.24) is 9.78 Å². The molecule has 0 saturated heterocycles. The van der Waals surface area contributed by atoms with Crippen molar-refractivity contribution in [1.29, 1.82) is 0 Å². The zero-order valence-corrected chi connectivity index (χ0v) is 13.6. The van der Waals surface area contributed by atoms with Crippen LogP contribution in [0.3, 0.4) is 0 Å². The molecular formula is C14H15N2OZn-. The third-order valence-electron chi connectivity index (χ3n) is 3.18. The van der Waals surface area contributed by atoms with E-state index >= 15 is 0 Å². The van der Waals surface area contributed by atoms with Crippen LogP contribution in [0, 0.1) is 6.20 Å². The van der Waals surface area contributed by atoms with Gasteiger partial charge in [0.2, 0.25) is 0 Å². The van der Waals surface area contributed by atoms with E-state index in [1.165, 1.54) is 22.4 Å². The molecule has 90 valence electrons. The number of aryl methyl sites for hydroxylation is 2. The summed E-state index contributed by atoms with van der Waals surface area (Å²) in [7, 11) is 0. The fourth-order valence-electron chi connectivity index (χ4n) is 2.36. The third-order valence-corrected chi connectivity index (χ3v) is 3.18. The molecule has 1 aromatic carbocycles. The molecule has 18 heavy (non-hydrogen) atoms. The normalized spacial score (nSPS) is 12.5. The largest absolute Gasteiger partial charge is 0.361 e. The maximum absolute atomic E-state index is 5.44. The molecule has 4 heteroatoms. The molecule has 0 N–H and O–H groups in total. The summed E-state index contributed by atoms with van der Waals surface area (Å²) in [4.78, 5) is 0. The first-order chi connectivity index (χ1) is 8.40. The summed E-state index contributed by atoms with van der Waals surface area (Å²) in [6, 6.07) is 8.52. The Bertz CT molecular complexity index is 536. The van der Waals surface area contributed by atoms with Crippen molar-refractivity contribution >= 4 is 0 Å². The SMILES string of the molecule is CCOCn1n[c-]c2c1-c1ccccc1CC2.[Zn]. The van der Waals surface area contributed by atoms with E-state index in [2.05, 4.69) is 35.6 Å². The molecule has 0 unspecified atom stereocenters. The monoisotopic (exact) mass is 291 g/mol. The van der Waals surface area contributed by atoms with Crippen LogP contribution >= 0.6 is 0 Å². The van der Waals surface area contributed by atoms with Gasteiger partial charge in [0.1, 0.15) is 6.73 Å². The Morgan fingerprint density at radius 2 is 2.17 bits per heavy atom. The van der Waals surface area contributed by atoms with Crippen LogP contribution in [-0.4, -0.2) is 16.4 Å². The summed E-state index contributed by atoms with van der Waals surface area (Å²) < 4.78 is 7.35. The second kappa shape index (κ2) is 5.77. The van der Waals surface area contributed by atoms with E-state index in [9.17, 15) is 0 Å². The Labute approximate surface area is 120 Å². The molecule has 0 saturated carbocycles. The molecule has 0 atom stereocenters. The summed E-state index contributed by atoms with van der Waals surface area (Å²) in [5, 5.41) is 4.30. The van der Waals surface area contributed by atoms with Crippen LogP contribution in [0.25, 0.3) is 11.3 Å². The second-order valence-corrected chi connectivity index (χ2v) is 4.22. The van der Waals surface area contributed by atoms with Gasteiger partial charge in [-0.3, -0.25) is 0 Å². The quantitative estimate of drug-likeness (QED) is 0.642. The molecule has 0 amide bonds. The Balaban J connectivity index is 0.00000120. The number of hydrogen-bond donors (Lipinski definition) is 0. The zero-order valence-electron chi connectivity index (χ0n) is 10.6. The van der Waals surface area contributed by atoms with Crippen LogP contribution in [0.15, 0.2) is 24.3 Å². The van der Waals surface area contributed by atoms with Gasteiger partial charge < -0.3 is 14.5 Å². The molecule has 3 rings (SSSR count). The van der Waals surface area contributed by atoms with Crippen molar-refractivity contribution in [2.75, 3.05) is 6.61 Å². The minimum Gasteiger partial charge on any atom is -0.361 e. The van der Waals surface area contributed by atoms with Gasteiger partial charge in [0, 0.05) is 26.1 Å². The second-order valence-electron chi connectivity index (χ2n) is 4.22. The minimum absolute atomic E-state index is 0. The van der Waals surface area contributed by atoms with Gasteiger partial charge in [-0.05, 0) is 13.3 Å². The molecule has 2 aromatic rings. The molecule has 1 heterocycles. The Morgan fingerprint density at radius 1 is 1.33 bits per heavy atom. The predicted octanol–water partition coefficient (Wildman–Crippen LogP) is 2.44. The van der Waals surface area contributed by atoms with E-state index in [1.807, 2.05) is 11.6 Å². The predicted molar refractivity (Wildman–Crippen MR) is 65.5 cm³/mol. The van der Waals surface area contributed by atoms with Gasteiger partial charge in [0.15, 0.2) is 0 Å². The first kappa shape index (κ1) is 13.4. The molecule has 3 nitrogen and oxygen atoms in total. The third kappa shape index (κ3) is 2.27. The van der Waals surface area contributed by atoms with Crippen molar-refractivity contribution in [3.05, 3.63) is 41.6 Å².